The minimum atomic E-state index is -3.57. The zero-order valence-corrected chi connectivity index (χ0v) is 11.0. The zero-order chi connectivity index (χ0) is 13.3. The molecule has 94 valence electrons. The van der Waals surface area contributed by atoms with Gasteiger partial charge in [0, 0.05) is 5.56 Å². The SMILES string of the molecule is Cc1ccc(S(=O)(=O)c2ccccc2)c(C)c1O. The molecule has 2 aromatic rings. The highest BCUT2D eigenvalue weighted by Gasteiger charge is 2.21. The van der Waals surface area contributed by atoms with Crippen LogP contribution in [-0.2, 0) is 9.84 Å². The topological polar surface area (TPSA) is 54.4 Å². The molecule has 0 saturated carbocycles. The molecule has 0 radical (unpaired) electrons. The van der Waals surface area contributed by atoms with Crippen LogP contribution in [0.15, 0.2) is 52.3 Å². The highest BCUT2D eigenvalue weighted by Crippen LogP contribution is 2.31. The lowest BCUT2D eigenvalue weighted by Crippen LogP contribution is -2.04. The summed E-state index contributed by atoms with van der Waals surface area (Å²) < 4.78 is 24.8. The van der Waals surface area contributed by atoms with Crippen molar-refractivity contribution < 1.29 is 13.5 Å². The van der Waals surface area contributed by atoms with Crippen LogP contribution in [0.3, 0.4) is 0 Å². The first-order valence-corrected chi connectivity index (χ1v) is 7.02. The third-order valence-corrected chi connectivity index (χ3v) is 4.84. The molecule has 4 heteroatoms. The van der Waals surface area contributed by atoms with Crippen molar-refractivity contribution >= 4 is 9.84 Å². The first-order valence-electron chi connectivity index (χ1n) is 5.54. The van der Waals surface area contributed by atoms with Crippen molar-refractivity contribution in [1.29, 1.82) is 0 Å². The molecule has 0 fully saturated rings. The van der Waals surface area contributed by atoms with Gasteiger partial charge in [0.05, 0.1) is 9.79 Å². The van der Waals surface area contributed by atoms with Crippen molar-refractivity contribution in [2.24, 2.45) is 0 Å². The summed E-state index contributed by atoms with van der Waals surface area (Å²) in [6.07, 6.45) is 0. The number of aryl methyl sites for hydroxylation is 1. The molecule has 0 heterocycles. The summed E-state index contributed by atoms with van der Waals surface area (Å²) in [7, 11) is -3.57. The molecule has 1 N–H and O–H groups in total. The molecule has 0 saturated heterocycles. The number of phenolic OH excluding ortho intramolecular Hbond substituents is 1. The lowest BCUT2D eigenvalue weighted by atomic mass is 10.1. The van der Waals surface area contributed by atoms with E-state index >= 15 is 0 Å². The summed E-state index contributed by atoms with van der Waals surface area (Å²) in [6, 6.07) is 11.4. The second-order valence-electron chi connectivity index (χ2n) is 4.17. The molecule has 0 aliphatic rings. The van der Waals surface area contributed by atoms with Gasteiger partial charge in [-0.3, -0.25) is 0 Å². The Morgan fingerprint density at radius 3 is 2.17 bits per heavy atom. The Morgan fingerprint density at radius 2 is 1.56 bits per heavy atom. The van der Waals surface area contributed by atoms with Gasteiger partial charge in [-0.15, -0.1) is 0 Å². The smallest absolute Gasteiger partial charge is 0.206 e. The van der Waals surface area contributed by atoms with E-state index in [0.29, 0.717) is 11.1 Å². The number of rotatable bonds is 2. The Hall–Kier alpha value is -1.81. The van der Waals surface area contributed by atoms with Gasteiger partial charge in [0.1, 0.15) is 5.75 Å². The molecule has 18 heavy (non-hydrogen) atoms. The van der Waals surface area contributed by atoms with E-state index in [1.54, 1.807) is 50.2 Å². The lowest BCUT2D eigenvalue weighted by molar-refractivity contribution is 0.464. The standard InChI is InChI=1S/C14H14O3S/c1-10-8-9-13(11(2)14(10)15)18(16,17)12-6-4-3-5-7-12/h3-9,15H,1-2H3. The zero-order valence-electron chi connectivity index (χ0n) is 10.2. The molecule has 0 aliphatic carbocycles. The molecule has 0 spiro atoms. The maximum Gasteiger partial charge on any atom is 0.206 e. The second kappa shape index (κ2) is 4.46. The van der Waals surface area contributed by atoms with Crippen molar-refractivity contribution in [1.82, 2.24) is 0 Å². The summed E-state index contributed by atoms with van der Waals surface area (Å²) in [4.78, 5) is 0.383. The third kappa shape index (κ3) is 1.99. The van der Waals surface area contributed by atoms with Crippen molar-refractivity contribution in [2.45, 2.75) is 23.6 Å². The van der Waals surface area contributed by atoms with Crippen LogP contribution in [0.5, 0.6) is 5.75 Å². The normalized spacial score (nSPS) is 11.4. The first-order chi connectivity index (χ1) is 8.44. The van der Waals surface area contributed by atoms with Gasteiger partial charge in [-0.05, 0) is 37.6 Å². The maximum atomic E-state index is 12.4. The minimum Gasteiger partial charge on any atom is -0.507 e. The summed E-state index contributed by atoms with van der Waals surface area (Å²) in [6.45, 7) is 3.35. The Morgan fingerprint density at radius 1 is 0.944 bits per heavy atom. The molecule has 0 unspecified atom stereocenters. The first kappa shape index (κ1) is 12.6. The minimum absolute atomic E-state index is 0.0343. The fourth-order valence-corrected chi connectivity index (χ4v) is 3.35. The fraction of sp³-hybridized carbons (Fsp3) is 0.143. The van der Waals surface area contributed by atoms with Gasteiger partial charge in [-0.25, -0.2) is 8.42 Å². The summed E-state index contributed by atoms with van der Waals surface area (Å²) >= 11 is 0. The summed E-state index contributed by atoms with van der Waals surface area (Å²) in [5.74, 6) is 0.0343. The van der Waals surface area contributed by atoms with Crippen LogP contribution in [-0.4, -0.2) is 13.5 Å². The monoisotopic (exact) mass is 262 g/mol. The van der Waals surface area contributed by atoms with Gasteiger partial charge < -0.3 is 5.11 Å². The largest absolute Gasteiger partial charge is 0.507 e. The lowest BCUT2D eigenvalue weighted by Gasteiger charge is -2.10. The molecule has 0 aliphatic heterocycles. The average molecular weight is 262 g/mol. The van der Waals surface area contributed by atoms with Crippen LogP contribution < -0.4 is 0 Å². The quantitative estimate of drug-likeness (QED) is 0.905. The highest BCUT2D eigenvalue weighted by atomic mass is 32.2. The van der Waals surface area contributed by atoms with E-state index < -0.39 is 9.84 Å². The highest BCUT2D eigenvalue weighted by molar-refractivity contribution is 7.91. The van der Waals surface area contributed by atoms with Crippen LogP contribution in [0.1, 0.15) is 11.1 Å². The van der Waals surface area contributed by atoms with Crippen molar-refractivity contribution in [3.63, 3.8) is 0 Å². The summed E-state index contributed by atoms with van der Waals surface area (Å²) in [5.41, 5.74) is 1.05. The molecule has 3 nitrogen and oxygen atoms in total. The Kier molecular flexibility index (Phi) is 3.13. The number of hydrogen-bond donors (Lipinski definition) is 1. The predicted molar refractivity (Wildman–Crippen MR) is 69.5 cm³/mol. The molecule has 0 atom stereocenters. The van der Waals surface area contributed by atoms with Crippen molar-refractivity contribution in [3.8, 4) is 5.75 Å². The molecule has 2 rings (SSSR count). The maximum absolute atomic E-state index is 12.4. The van der Waals surface area contributed by atoms with E-state index in [2.05, 4.69) is 0 Å². The number of phenols is 1. The summed E-state index contributed by atoms with van der Waals surface area (Å²) in [5, 5.41) is 9.83. The second-order valence-corrected chi connectivity index (χ2v) is 6.09. The van der Waals surface area contributed by atoms with Crippen LogP contribution >= 0.6 is 0 Å². The molecular formula is C14H14O3S. The van der Waals surface area contributed by atoms with Gasteiger partial charge >= 0.3 is 0 Å². The number of sulfone groups is 1. The Bertz CT molecular complexity index is 674. The Balaban J connectivity index is 2.67. The Labute approximate surface area is 107 Å². The predicted octanol–water partition coefficient (Wildman–Crippen LogP) is 2.84. The number of benzene rings is 2. The van der Waals surface area contributed by atoms with Gasteiger partial charge in [0.15, 0.2) is 0 Å². The van der Waals surface area contributed by atoms with Crippen LogP contribution in [0, 0.1) is 13.8 Å². The van der Waals surface area contributed by atoms with Crippen LogP contribution in [0.4, 0.5) is 0 Å². The number of hydrogen-bond acceptors (Lipinski definition) is 3. The van der Waals surface area contributed by atoms with Gasteiger partial charge in [0.2, 0.25) is 9.84 Å². The third-order valence-electron chi connectivity index (χ3n) is 2.93. The van der Waals surface area contributed by atoms with E-state index in [9.17, 15) is 13.5 Å². The number of aromatic hydroxyl groups is 1. The van der Waals surface area contributed by atoms with E-state index in [1.807, 2.05) is 0 Å². The molecule has 0 bridgehead atoms. The van der Waals surface area contributed by atoms with Gasteiger partial charge in [-0.1, -0.05) is 24.3 Å². The van der Waals surface area contributed by atoms with Crippen LogP contribution in [0.2, 0.25) is 0 Å². The molecule has 0 amide bonds. The van der Waals surface area contributed by atoms with E-state index in [4.69, 9.17) is 0 Å². The van der Waals surface area contributed by atoms with Gasteiger partial charge in [-0.2, -0.15) is 0 Å². The van der Waals surface area contributed by atoms with Crippen molar-refractivity contribution in [2.75, 3.05) is 0 Å². The van der Waals surface area contributed by atoms with E-state index in [1.165, 1.54) is 6.07 Å². The van der Waals surface area contributed by atoms with Crippen molar-refractivity contribution in [3.05, 3.63) is 53.6 Å². The van der Waals surface area contributed by atoms with Crippen LogP contribution in [0.25, 0.3) is 0 Å². The molecule has 0 aromatic heterocycles. The molecular weight excluding hydrogens is 248 g/mol. The molecule has 2 aromatic carbocycles. The average Bonchev–Trinajstić information content (AvgIpc) is 2.37. The fourth-order valence-electron chi connectivity index (χ4n) is 1.83. The van der Waals surface area contributed by atoms with E-state index in [-0.39, 0.29) is 15.5 Å². The van der Waals surface area contributed by atoms with E-state index in [0.717, 1.165) is 0 Å². The van der Waals surface area contributed by atoms with Gasteiger partial charge in [0.25, 0.3) is 0 Å².